The largest absolute Gasteiger partial charge is 0.385 e. The van der Waals surface area contributed by atoms with Crippen molar-refractivity contribution in [1.29, 1.82) is 0 Å². The fourth-order valence-electron chi connectivity index (χ4n) is 0.719. The number of methoxy groups -OCH3 is 1. The van der Waals surface area contributed by atoms with Gasteiger partial charge in [-0.2, -0.15) is 0 Å². The molecule has 0 saturated heterocycles. The molecule has 0 saturated carbocycles. The molecule has 5 nitrogen and oxygen atoms in total. The lowest BCUT2D eigenvalue weighted by Gasteiger charge is -1.97. The predicted molar refractivity (Wildman–Crippen MR) is 40.7 cm³/mol. The van der Waals surface area contributed by atoms with Crippen molar-refractivity contribution in [3.05, 3.63) is 10.1 Å². The summed E-state index contributed by atoms with van der Waals surface area (Å²) < 4.78 is 4.82. The number of nitro groups is 1. The molecule has 0 atom stereocenters. The molecule has 0 aromatic rings. The van der Waals surface area contributed by atoms with E-state index >= 15 is 0 Å². The highest BCUT2D eigenvalue weighted by Gasteiger charge is 1.92. The maximum absolute atomic E-state index is 9.76. The Hall–Kier alpha value is -0.840. The highest BCUT2D eigenvalue weighted by molar-refractivity contribution is 4.41. The Bertz CT molecular complexity index is 108. The molecule has 0 aliphatic rings. The minimum Gasteiger partial charge on any atom is -0.385 e. The second kappa shape index (κ2) is 7.27. The van der Waals surface area contributed by atoms with Crippen LogP contribution in [-0.4, -0.2) is 25.3 Å². The van der Waals surface area contributed by atoms with Crippen molar-refractivity contribution in [2.24, 2.45) is 0 Å². The van der Waals surface area contributed by atoms with E-state index in [-0.39, 0.29) is 0 Å². The van der Waals surface area contributed by atoms with Crippen molar-refractivity contribution >= 4 is 0 Å². The summed E-state index contributed by atoms with van der Waals surface area (Å²) in [6, 6.07) is 0. The molecule has 0 aromatic heterocycles. The lowest BCUT2D eigenvalue weighted by molar-refractivity contribution is -0.544. The van der Waals surface area contributed by atoms with Crippen LogP contribution in [0.2, 0.25) is 0 Å². The van der Waals surface area contributed by atoms with Crippen LogP contribution in [0.4, 0.5) is 0 Å². The maximum atomic E-state index is 9.76. The normalized spacial score (nSPS) is 9.55. The molecule has 0 aromatic carbocycles. The zero-order valence-electron chi connectivity index (χ0n) is 6.71. The third-order valence-electron chi connectivity index (χ3n) is 1.27. The Balaban J connectivity index is 2.85. The lowest BCUT2D eigenvalue weighted by atomic mass is 10.2. The van der Waals surface area contributed by atoms with Gasteiger partial charge in [-0.15, -0.1) is 5.43 Å². The van der Waals surface area contributed by atoms with E-state index in [0.29, 0.717) is 6.54 Å². The van der Waals surface area contributed by atoms with Crippen molar-refractivity contribution in [2.75, 3.05) is 20.3 Å². The van der Waals surface area contributed by atoms with Gasteiger partial charge in [-0.3, -0.25) is 0 Å². The van der Waals surface area contributed by atoms with Crippen LogP contribution >= 0.6 is 0 Å². The summed E-state index contributed by atoms with van der Waals surface area (Å²) in [5.74, 6) is 0. The van der Waals surface area contributed by atoms with Crippen LogP contribution in [0.3, 0.4) is 0 Å². The standard InChI is InChI=1S/C6H14N2O3/c1-11-6-4-2-3-5-7-8(9)10/h7H,2-6H2,1H3. The molecule has 0 rings (SSSR count). The molecule has 66 valence electrons. The quantitative estimate of drug-likeness (QED) is 0.338. The van der Waals surface area contributed by atoms with E-state index in [2.05, 4.69) is 5.43 Å². The van der Waals surface area contributed by atoms with Crippen LogP contribution in [0.15, 0.2) is 0 Å². The number of hydrogen-bond donors (Lipinski definition) is 1. The van der Waals surface area contributed by atoms with E-state index in [0.717, 1.165) is 25.9 Å². The van der Waals surface area contributed by atoms with Gasteiger partial charge in [-0.05, 0) is 19.3 Å². The van der Waals surface area contributed by atoms with Gasteiger partial charge < -0.3 is 4.74 Å². The second-order valence-corrected chi connectivity index (χ2v) is 2.22. The summed E-state index contributed by atoms with van der Waals surface area (Å²) in [5.41, 5.74) is 2.10. The van der Waals surface area contributed by atoms with Crippen molar-refractivity contribution in [3.8, 4) is 0 Å². The van der Waals surface area contributed by atoms with Gasteiger partial charge in [0, 0.05) is 13.7 Å². The van der Waals surface area contributed by atoms with Gasteiger partial charge in [0.25, 0.3) is 0 Å². The van der Waals surface area contributed by atoms with Gasteiger partial charge in [0.1, 0.15) is 0 Å². The topological polar surface area (TPSA) is 64.4 Å². The van der Waals surface area contributed by atoms with Crippen LogP contribution in [0.1, 0.15) is 19.3 Å². The first-order valence-corrected chi connectivity index (χ1v) is 3.64. The number of ether oxygens (including phenoxy) is 1. The minimum atomic E-state index is -0.518. The monoisotopic (exact) mass is 162 g/mol. The zero-order chi connectivity index (χ0) is 8.53. The first kappa shape index (κ1) is 10.2. The van der Waals surface area contributed by atoms with E-state index < -0.39 is 5.03 Å². The smallest absolute Gasteiger partial charge is 0.157 e. The van der Waals surface area contributed by atoms with Crippen molar-refractivity contribution in [3.63, 3.8) is 0 Å². The van der Waals surface area contributed by atoms with Crippen LogP contribution in [-0.2, 0) is 4.74 Å². The molecule has 0 fully saturated rings. The van der Waals surface area contributed by atoms with Gasteiger partial charge in [0.05, 0.1) is 6.54 Å². The summed E-state index contributed by atoms with van der Waals surface area (Å²) >= 11 is 0. The summed E-state index contributed by atoms with van der Waals surface area (Å²) in [7, 11) is 1.65. The number of rotatable bonds is 7. The molecule has 0 bridgehead atoms. The van der Waals surface area contributed by atoms with Crippen LogP contribution < -0.4 is 5.43 Å². The number of hydrazine groups is 1. The Kier molecular flexibility index (Phi) is 6.71. The summed E-state index contributed by atoms with van der Waals surface area (Å²) in [6.45, 7) is 1.18. The molecular formula is C6H14N2O3. The lowest BCUT2D eigenvalue weighted by Crippen LogP contribution is -2.22. The molecule has 11 heavy (non-hydrogen) atoms. The number of hydrogen-bond acceptors (Lipinski definition) is 3. The summed E-state index contributed by atoms with van der Waals surface area (Å²) in [6.07, 6.45) is 2.76. The number of nitrogens with one attached hydrogen (secondary N) is 1. The molecule has 0 aliphatic heterocycles. The number of nitrogens with zero attached hydrogens (tertiary/aromatic N) is 1. The average Bonchev–Trinajstić information content (AvgIpc) is 1.96. The second-order valence-electron chi connectivity index (χ2n) is 2.22. The molecule has 0 spiro atoms. The fourth-order valence-corrected chi connectivity index (χ4v) is 0.719. The molecule has 0 unspecified atom stereocenters. The highest BCUT2D eigenvalue weighted by Crippen LogP contribution is 1.93. The van der Waals surface area contributed by atoms with Gasteiger partial charge in [0.2, 0.25) is 0 Å². The number of unbranched alkanes of at least 4 members (excludes halogenated alkanes) is 2. The van der Waals surface area contributed by atoms with Crippen molar-refractivity contribution in [1.82, 2.24) is 5.43 Å². The van der Waals surface area contributed by atoms with Gasteiger partial charge >= 0.3 is 0 Å². The van der Waals surface area contributed by atoms with Crippen molar-refractivity contribution < 1.29 is 9.77 Å². The Labute approximate surface area is 65.9 Å². The third-order valence-corrected chi connectivity index (χ3v) is 1.27. The summed E-state index contributed by atoms with van der Waals surface area (Å²) in [5, 5.41) is 9.24. The molecular weight excluding hydrogens is 148 g/mol. The van der Waals surface area contributed by atoms with Crippen LogP contribution in [0.5, 0.6) is 0 Å². The molecule has 0 amide bonds. The van der Waals surface area contributed by atoms with Crippen LogP contribution in [0, 0.1) is 10.1 Å². The van der Waals surface area contributed by atoms with E-state index in [4.69, 9.17) is 4.74 Å². The Morgan fingerprint density at radius 1 is 1.45 bits per heavy atom. The van der Waals surface area contributed by atoms with E-state index in [1.165, 1.54) is 0 Å². The van der Waals surface area contributed by atoms with Gasteiger partial charge in [0.15, 0.2) is 5.03 Å². The first-order chi connectivity index (χ1) is 5.27. The molecule has 0 heterocycles. The van der Waals surface area contributed by atoms with Gasteiger partial charge in [-0.1, -0.05) is 0 Å². The predicted octanol–water partition coefficient (Wildman–Crippen LogP) is 0.584. The van der Waals surface area contributed by atoms with Crippen LogP contribution in [0.25, 0.3) is 0 Å². The van der Waals surface area contributed by atoms with Gasteiger partial charge in [-0.25, -0.2) is 10.1 Å². The molecule has 0 radical (unpaired) electrons. The average molecular weight is 162 g/mol. The molecule has 0 aliphatic carbocycles. The Morgan fingerprint density at radius 2 is 2.18 bits per heavy atom. The fraction of sp³-hybridized carbons (Fsp3) is 1.00. The van der Waals surface area contributed by atoms with E-state index in [1.807, 2.05) is 0 Å². The minimum absolute atomic E-state index is 0.441. The van der Waals surface area contributed by atoms with E-state index in [1.54, 1.807) is 7.11 Å². The Morgan fingerprint density at radius 3 is 2.73 bits per heavy atom. The third kappa shape index (κ3) is 9.16. The molecule has 1 N–H and O–H groups in total. The maximum Gasteiger partial charge on any atom is 0.157 e. The highest BCUT2D eigenvalue weighted by atomic mass is 16.7. The molecule has 5 heteroatoms. The SMILES string of the molecule is COCCCCCN[N+](=O)[O-]. The van der Waals surface area contributed by atoms with E-state index in [9.17, 15) is 10.1 Å². The zero-order valence-corrected chi connectivity index (χ0v) is 6.71. The van der Waals surface area contributed by atoms with Crippen molar-refractivity contribution in [2.45, 2.75) is 19.3 Å². The first-order valence-electron chi connectivity index (χ1n) is 3.64. The summed E-state index contributed by atoms with van der Waals surface area (Å²) in [4.78, 5) is 9.76.